The Bertz CT molecular complexity index is 915. The van der Waals surface area contributed by atoms with Gasteiger partial charge in [0.2, 0.25) is 0 Å². The van der Waals surface area contributed by atoms with Gasteiger partial charge in [-0.2, -0.15) is 0 Å². The lowest BCUT2D eigenvalue weighted by atomic mass is 10.2. The van der Waals surface area contributed by atoms with Gasteiger partial charge in [0.05, 0.1) is 7.11 Å². The first-order chi connectivity index (χ1) is 15.8. The fourth-order valence-corrected chi connectivity index (χ4v) is 2.17. The number of rotatable bonds is 5. The second kappa shape index (κ2) is 18.2. The second-order valence-corrected chi connectivity index (χ2v) is 7.89. The van der Waals surface area contributed by atoms with E-state index >= 15 is 0 Å². The van der Waals surface area contributed by atoms with Crippen LogP contribution < -0.4 is 4.74 Å². The van der Waals surface area contributed by atoms with E-state index in [4.69, 9.17) is 4.74 Å². The Morgan fingerprint density at radius 3 is 1.58 bits per heavy atom. The van der Waals surface area contributed by atoms with Gasteiger partial charge >= 0.3 is 0 Å². The second-order valence-electron chi connectivity index (χ2n) is 6.97. The number of methoxy groups -OCH3 is 1. The van der Waals surface area contributed by atoms with E-state index in [2.05, 4.69) is 15.9 Å². The molecule has 0 N–H and O–H groups in total. The van der Waals surface area contributed by atoms with Crippen molar-refractivity contribution in [2.45, 2.75) is 20.8 Å². The summed E-state index contributed by atoms with van der Waals surface area (Å²) in [6, 6.07) is 21.7. The number of aldehydes is 4. The van der Waals surface area contributed by atoms with Crippen LogP contribution in [0.25, 0.3) is 0 Å². The molecular formula is C27H29BrO5. The third-order valence-corrected chi connectivity index (χ3v) is 4.25. The van der Waals surface area contributed by atoms with Crippen LogP contribution in [0.1, 0.15) is 50.5 Å². The summed E-state index contributed by atoms with van der Waals surface area (Å²) in [5.41, 5.74) is 3.26. The van der Waals surface area contributed by atoms with Gasteiger partial charge in [0.15, 0.2) is 0 Å². The molecule has 0 saturated carbocycles. The lowest BCUT2D eigenvalue weighted by Crippen LogP contribution is -1.84. The molecule has 33 heavy (non-hydrogen) atoms. The topological polar surface area (TPSA) is 77.5 Å². The number of ether oxygens (including phenoxy) is 1. The summed E-state index contributed by atoms with van der Waals surface area (Å²) in [7, 11) is 1.57. The van der Waals surface area contributed by atoms with Crippen LogP contribution in [0.2, 0.25) is 0 Å². The maximum absolute atomic E-state index is 10.2. The standard InChI is InChI=1S/C8H8O2.C8H8O.C7H5BrO.C4H8O/c1-10-8-4-2-3-7(5-8)6-9;1-7-2-4-8(6-9)5-3-7;8-7-3-1-6(5-9)2-4-7;1-4(2)3-5/h2-6H,1H3;2-6H,1H3;1-5H;3-4H,1-2H3. The summed E-state index contributed by atoms with van der Waals surface area (Å²) in [5, 5.41) is 0. The zero-order chi connectivity index (χ0) is 25.1. The van der Waals surface area contributed by atoms with Gasteiger partial charge in [0, 0.05) is 27.1 Å². The van der Waals surface area contributed by atoms with Crippen molar-refractivity contribution < 1.29 is 23.9 Å². The predicted octanol–water partition coefficient (Wildman–Crippen LogP) is 6.42. The minimum Gasteiger partial charge on any atom is -0.497 e. The van der Waals surface area contributed by atoms with Crippen LogP contribution in [-0.2, 0) is 4.79 Å². The SMILES string of the molecule is CC(C)C=O.COc1cccc(C=O)c1.Cc1ccc(C=O)cc1.O=Cc1ccc(Br)cc1. The van der Waals surface area contributed by atoms with Gasteiger partial charge in [-0.25, -0.2) is 0 Å². The fraction of sp³-hybridized carbons (Fsp3) is 0.185. The largest absolute Gasteiger partial charge is 0.497 e. The van der Waals surface area contributed by atoms with Gasteiger partial charge in [-0.05, 0) is 31.2 Å². The number of aryl methyl sites for hydroxylation is 1. The van der Waals surface area contributed by atoms with E-state index in [0.29, 0.717) is 16.9 Å². The molecule has 3 aromatic carbocycles. The molecule has 0 fully saturated rings. The van der Waals surface area contributed by atoms with Crippen LogP contribution >= 0.6 is 15.9 Å². The predicted molar refractivity (Wildman–Crippen MR) is 135 cm³/mol. The molecule has 0 unspecified atom stereocenters. The van der Waals surface area contributed by atoms with Crippen molar-refractivity contribution >= 4 is 41.1 Å². The molecule has 0 aliphatic rings. The summed E-state index contributed by atoms with van der Waals surface area (Å²) in [6.07, 6.45) is 3.38. The van der Waals surface area contributed by atoms with E-state index in [9.17, 15) is 19.2 Å². The van der Waals surface area contributed by atoms with Gasteiger partial charge in [-0.3, -0.25) is 14.4 Å². The van der Waals surface area contributed by atoms with Crippen LogP contribution in [0.3, 0.4) is 0 Å². The van der Waals surface area contributed by atoms with Crippen LogP contribution in [0.4, 0.5) is 0 Å². The molecule has 6 heteroatoms. The maximum Gasteiger partial charge on any atom is 0.150 e. The summed E-state index contributed by atoms with van der Waals surface area (Å²) < 4.78 is 5.89. The van der Waals surface area contributed by atoms with E-state index in [-0.39, 0.29) is 5.92 Å². The van der Waals surface area contributed by atoms with Gasteiger partial charge in [0.25, 0.3) is 0 Å². The lowest BCUT2D eigenvalue weighted by molar-refractivity contribution is -0.110. The molecule has 0 saturated heterocycles. The van der Waals surface area contributed by atoms with Crippen molar-refractivity contribution in [2.24, 2.45) is 5.92 Å². The zero-order valence-electron chi connectivity index (χ0n) is 19.2. The molecule has 174 valence electrons. The molecule has 0 atom stereocenters. The van der Waals surface area contributed by atoms with Crippen LogP contribution in [0.5, 0.6) is 5.75 Å². The summed E-state index contributed by atoms with van der Waals surface area (Å²) in [6.45, 7) is 5.70. The number of hydrogen-bond donors (Lipinski definition) is 0. The highest BCUT2D eigenvalue weighted by Crippen LogP contribution is 2.10. The monoisotopic (exact) mass is 512 g/mol. The number of hydrogen-bond acceptors (Lipinski definition) is 5. The Hall–Kier alpha value is -3.38. The van der Waals surface area contributed by atoms with Crippen LogP contribution in [0.15, 0.2) is 77.3 Å². The summed E-state index contributed by atoms with van der Waals surface area (Å²) in [4.78, 5) is 39.9. The molecule has 3 rings (SSSR count). The Balaban J connectivity index is 0.000000425. The number of halogens is 1. The highest BCUT2D eigenvalue weighted by atomic mass is 79.9. The Morgan fingerprint density at radius 1 is 0.727 bits per heavy atom. The van der Waals surface area contributed by atoms with Crippen LogP contribution in [-0.4, -0.2) is 32.3 Å². The smallest absolute Gasteiger partial charge is 0.150 e. The summed E-state index contributed by atoms with van der Waals surface area (Å²) in [5.74, 6) is 0.916. The zero-order valence-corrected chi connectivity index (χ0v) is 20.8. The van der Waals surface area contributed by atoms with E-state index in [1.54, 1.807) is 43.5 Å². The first-order valence-electron chi connectivity index (χ1n) is 10.1. The molecule has 0 spiro atoms. The summed E-state index contributed by atoms with van der Waals surface area (Å²) >= 11 is 3.26. The maximum atomic E-state index is 10.2. The number of carbonyl (C=O) groups excluding carboxylic acids is 4. The molecule has 0 amide bonds. The van der Waals surface area contributed by atoms with Crippen molar-refractivity contribution in [1.82, 2.24) is 0 Å². The normalized spacial score (nSPS) is 8.91. The minimum atomic E-state index is 0.204. The highest BCUT2D eigenvalue weighted by molar-refractivity contribution is 9.10. The van der Waals surface area contributed by atoms with Crippen molar-refractivity contribution in [3.05, 3.63) is 99.5 Å². The molecule has 3 aromatic rings. The first-order valence-corrected chi connectivity index (χ1v) is 10.9. The quantitative estimate of drug-likeness (QED) is 0.368. The van der Waals surface area contributed by atoms with E-state index in [1.807, 2.05) is 57.2 Å². The highest BCUT2D eigenvalue weighted by Gasteiger charge is 1.91. The molecule has 0 aliphatic heterocycles. The van der Waals surface area contributed by atoms with E-state index < -0.39 is 0 Å². The molecular weight excluding hydrogens is 484 g/mol. The van der Waals surface area contributed by atoms with Gasteiger partial charge in [0.1, 0.15) is 30.9 Å². The third-order valence-electron chi connectivity index (χ3n) is 3.72. The van der Waals surface area contributed by atoms with Crippen molar-refractivity contribution in [1.29, 1.82) is 0 Å². The van der Waals surface area contributed by atoms with Crippen molar-refractivity contribution in [2.75, 3.05) is 7.11 Å². The van der Waals surface area contributed by atoms with E-state index in [0.717, 1.165) is 35.2 Å². The average Bonchev–Trinajstić information content (AvgIpc) is 2.86. The van der Waals surface area contributed by atoms with Crippen molar-refractivity contribution in [3.63, 3.8) is 0 Å². The first kappa shape index (κ1) is 29.6. The molecule has 5 nitrogen and oxygen atoms in total. The van der Waals surface area contributed by atoms with Gasteiger partial charge in [-0.1, -0.05) is 83.9 Å². The Kier molecular flexibility index (Phi) is 16.4. The average molecular weight is 513 g/mol. The number of carbonyl (C=O) groups is 4. The molecule has 0 radical (unpaired) electrons. The third kappa shape index (κ3) is 15.1. The molecule has 0 heterocycles. The van der Waals surface area contributed by atoms with E-state index in [1.165, 1.54) is 5.56 Å². The van der Waals surface area contributed by atoms with Gasteiger partial charge < -0.3 is 9.53 Å². The Labute approximate surface area is 203 Å². The molecule has 0 aromatic heterocycles. The molecule has 0 bridgehead atoms. The molecule has 0 aliphatic carbocycles. The minimum absolute atomic E-state index is 0.204. The fourth-order valence-electron chi connectivity index (χ4n) is 1.90. The number of benzene rings is 3. The Morgan fingerprint density at radius 2 is 1.18 bits per heavy atom. The van der Waals surface area contributed by atoms with Gasteiger partial charge in [-0.15, -0.1) is 0 Å². The lowest BCUT2D eigenvalue weighted by Gasteiger charge is -1.97. The van der Waals surface area contributed by atoms with Crippen LogP contribution in [0, 0.1) is 12.8 Å². The van der Waals surface area contributed by atoms with Crippen molar-refractivity contribution in [3.8, 4) is 5.75 Å².